The first-order chi connectivity index (χ1) is 15.3. The largest absolute Gasteiger partial charge is 0.457 e. The number of thioether (sulfide) groups is 1. The molecule has 0 aromatic heterocycles. The molecule has 0 bridgehead atoms. The predicted molar refractivity (Wildman–Crippen MR) is 136 cm³/mol. The van der Waals surface area contributed by atoms with Crippen molar-refractivity contribution in [2.24, 2.45) is 17.3 Å². The number of carbonyl (C=O) groups excluding carboxylic acids is 1. The molecule has 0 saturated heterocycles. The Bertz CT molecular complexity index is 781. The Balaban J connectivity index is 2.30. The van der Waals surface area contributed by atoms with Crippen LogP contribution >= 0.6 is 11.8 Å². The van der Waals surface area contributed by atoms with Gasteiger partial charge in [-0.3, -0.25) is 4.79 Å². The molecule has 33 heavy (non-hydrogen) atoms. The number of aliphatic hydroxyl groups excluding tert-OH is 3. The van der Waals surface area contributed by atoms with Crippen LogP contribution in [0.5, 0.6) is 0 Å². The molecule has 188 valence electrons. The highest BCUT2D eigenvalue weighted by Crippen LogP contribution is 2.37. The molecular weight excluding hydrogens is 436 g/mol. The monoisotopic (exact) mass is 480 g/mol. The molecule has 0 aromatic carbocycles. The zero-order valence-corrected chi connectivity index (χ0v) is 22.2. The van der Waals surface area contributed by atoms with Crippen molar-refractivity contribution in [1.82, 2.24) is 0 Å². The fourth-order valence-corrected chi connectivity index (χ4v) is 5.53. The molecule has 2 heterocycles. The smallest absolute Gasteiger partial charge is 0.309 e. The van der Waals surface area contributed by atoms with Crippen molar-refractivity contribution in [2.45, 2.75) is 111 Å². The average Bonchev–Trinajstić information content (AvgIpc) is 2.76. The van der Waals surface area contributed by atoms with Gasteiger partial charge in [-0.25, -0.2) is 0 Å². The molecule has 6 atom stereocenters. The number of allylic oxidation sites excluding steroid dienone is 3. The second-order valence-electron chi connectivity index (χ2n) is 10.8. The summed E-state index contributed by atoms with van der Waals surface area (Å²) in [6.07, 6.45) is 2.97. The van der Waals surface area contributed by atoms with Crippen LogP contribution in [0.15, 0.2) is 33.1 Å². The fraction of sp³-hybridized carbons (Fsp3) is 0.741. The summed E-state index contributed by atoms with van der Waals surface area (Å²) in [6.45, 7) is 13.6. The van der Waals surface area contributed by atoms with Crippen LogP contribution in [0.1, 0.15) is 87.0 Å². The summed E-state index contributed by atoms with van der Waals surface area (Å²) in [4.78, 5) is 14.2. The van der Waals surface area contributed by atoms with E-state index in [-0.39, 0.29) is 18.4 Å². The van der Waals surface area contributed by atoms with E-state index in [0.717, 1.165) is 31.3 Å². The van der Waals surface area contributed by atoms with Gasteiger partial charge in [-0.15, -0.1) is 11.8 Å². The average molecular weight is 481 g/mol. The van der Waals surface area contributed by atoms with Crippen LogP contribution in [-0.2, 0) is 9.53 Å². The van der Waals surface area contributed by atoms with E-state index in [4.69, 9.17) is 4.74 Å². The first-order valence-corrected chi connectivity index (χ1v) is 13.1. The van der Waals surface area contributed by atoms with Gasteiger partial charge in [0.1, 0.15) is 6.10 Å². The summed E-state index contributed by atoms with van der Waals surface area (Å²) < 4.78 is 5.91. The quantitative estimate of drug-likeness (QED) is 0.339. The topological polar surface area (TPSA) is 87.0 Å². The number of ether oxygens (including phenoxy) is 1. The van der Waals surface area contributed by atoms with Crippen molar-refractivity contribution in [3.05, 3.63) is 33.1 Å². The lowest BCUT2D eigenvalue weighted by atomic mass is 9.71. The van der Waals surface area contributed by atoms with E-state index < -0.39 is 35.6 Å². The maximum atomic E-state index is 12.9. The minimum atomic E-state index is -1.09. The summed E-state index contributed by atoms with van der Waals surface area (Å²) in [5.41, 5.74) is 2.64. The number of hydrogen-bond acceptors (Lipinski definition) is 6. The van der Waals surface area contributed by atoms with Crippen LogP contribution in [0.25, 0.3) is 0 Å². The van der Waals surface area contributed by atoms with Gasteiger partial charge in [-0.05, 0) is 68.3 Å². The van der Waals surface area contributed by atoms with E-state index in [9.17, 15) is 20.1 Å². The van der Waals surface area contributed by atoms with Gasteiger partial charge in [-0.2, -0.15) is 0 Å². The molecule has 2 rings (SSSR count). The van der Waals surface area contributed by atoms with Crippen LogP contribution in [0.2, 0.25) is 0 Å². The van der Waals surface area contributed by atoms with Gasteiger partial charge in [0.25, 0.3) is 0 Å². The zero-order chi connectivity index (χ0) is 24.9. The van der Waals surface area contributed by atoms with Gasteiger partial charge in [0.2, 0.25) is 0 Å². The van der Waals surface area contributed by atoms with Gasteiger partial charge in [-0.1, -0.05) is 44.9 Å². The third kappa shape index (κ3) is 7.45. The highest BCUT2D eigenvalue weighted by Gasteiger charge is 2.42. The minimum Gasteiger partial charge on any atom is -0.457 e. The standard InChI is InChI=1S/C27H44O5S/c1-16-9-8-10-17(2)25(30)19(4)26(31)27(6,7)23(28)14-24(29)32-22(12-11-16)21-13-18(3)20(5)33-15-21/h11,15,17,19,22-23,25-26,28,30-31H,8-10,12-14H2,1-7H3/b16-11-/t17-,19+,22?,23-,25-,26?/m0/s1. The minimum absolute atomic E-state index is 0.0310. The summed E-state index contributed by atoms with van der Waals surface area (Å²) in [6, 6.07) is 0. The van der Waals surface area contributed by atoms with Crippen molar-refractivity contribution in [2.75, 3.05) is 0 Å². The molecule has 5 nitrogen and oxygen atoms in total. The van der Waals surface area contributed by atoms with Gasteiger partial charge >= 0.3 is 5.97 Å². The second-order valence-corrected chi connectivity index (χ2v) is 11.9. The van der Waals surface area contributed by atoms with Crippen molar-refractivity contribution >= 4 is 17.7 Å². The fourth-order valence-electron chi connectivity index (χ4n) is 4.69. The van der Waals surface area contributed by atoms with Crippen molar-refractivity contribution < 1.29 is 24.9 Å². The lowest BCUT2D eigenvalue weighted by Gasteiger charge is -2.40. The molecule has 0 saturated carbocycles. The third-order valence-corrected chi connectivity index (χ3v) is 8.78. The van der Waals surface area contributed by atoms with E-state index >= 15 is 0 Å². The molecule has 6 heteroatoms. The van der Waals surface area contributed by atoms with Gasteiger partial charge in [0.15, 0.2) is 0 Å². The van der Waals surface area contributed by atoms with E-state index in [0.29, 0.717) is 6.42 Å². The first-order valence-electron chi connectivity index (χ1n) is 12.3. The Morgan fingerprint density at radius 1 is 1.12 bits per heavy atom. The molecule has 0 aliphatic carbocycles. The molecule has 0 radical (unpaired) electrons. The maximum Gasteiger partial charge on any atom is 0.309 e. The van der Waals surface area contributed by atoms with Crippen molar-refractivity contribution in [3.8, 4) is 0 Å². The number of rotatable bonds is 1. The number of esters is 1. The molecule has 2 unspecified atom stereocenters. The van der Waals surface area contributed by atoms with Crippen LogP contribution in [0.4, 0.5) is 0 Å². The first kappa shape index (κ1) is 28.2. The van der Waals surface area contributed by atoms with Gasteiger partial charge in [0, 0.05) is 17.8 Å². The van der Waals surface area contributed by atoms with Crippen LogP contribution in [0, 0.1) is 17.3 Å². The molecule has 0 spiro atoms. The van der Waals surface area contributed by atoms with Crippen LogP contribution < -0.4 is 0 Å². The highest BCUT2D eigenvalue weighted by atomic mass is 32.2. The number of hydrogen-bond donors (Lipinski definition) is 3. The summed E-state index contributed by atoms with van der Waals surface area (Å²) in [5, 5.41) is 34.8. The third-order valence-electron chi connectivity index (χ3n) is 7.66. The number of aliphatic hydroxyl groups is 3. The molecule has 0 fully saturated rings. The van der Waals surface area contributed by atoms with Gasteiger partial charge < -0.3 is 20.1 Å². The molecular formula is C27H44O5S. The number of cyclic esters (lactones) is 1. The Morgan fingerprint density at radius 2 is 1.79 bits per heavy atom. The summed E-state index contributed by atoms with van der Waals surface area (Å²) in [5.74, 6) is -0.869. The molecule has 0 aromatic rings. The van der Waals surface area contributed by atoms with Crippen LogP contribution in [-0.4, -0.2) is 45.7 Å². The zero-order valence-electron chi connectivity index (χ0n) is 21.4. The second kappa shape index (κ2) is 12.1. The van der Waals surface area contributed by atoms with Gasteiger partial charge in [0.05, 0.1) is 24.7 Å². The highest BCUT2D eigenvalue weighted by molar-refractivity contribution is 8.05. The Labute approximate surface area is 204 Å². The lowest BCUT2D eigenvalue weighted by Crippen LogP contribution is -2.48. The Kier molecular flexibility index (Phi) is 10.3. The maximum absolute atomic E-state index is 12.9. The van der Waals surface area contributed by atoms with E-state index in [1.54, 1.807) is 25.6 Å². The van der Waals surface area contributed by atoms with Crippen molar-refractivity contribution in [3.63, 3.8) is 0 Å². The van der Waals surface area contributed by atoms with E-state index in [1.807, 2.05) is 13.8 Å². The molecule has 2 aliphatic heterocycles. The van der Waals surface area contributed by atoms with E-state index in [1.165, 1.54) is 16.1 Å². The summed E-state index contributed by atoms with van der Waals surface area (Å²) >= 11 is 1.67. The van der Waals surface area contributed by atoms with E-state index in [2.05, 4.69) is 32.3 Å². The normalized spacial score (nSPS) is 37.1. The van der Waals surface area contributed by atoms with Crippen LogP contribution in [0.3, 0.4) is 0 Å². The molecule has 0 amide bonds. The van der Waals surface area contributed by atoms with Crippen molar-refractivity contribution in [1.29, 1.82) is 0 Å². The number of carbonyl (C=O) groups is 1. The SMILES string of the molecule is CC1=C(C)SC=C(C2C/C=C(/C)CCC[C@H](C)[C@H](O)[C@@H](C)C(O)C(C)(C)[C@@H](O)CC(=O)O2)C1. The molecule has 2 aliphatic rings. The Morgan fingerprint density at radius 3 is 2.42 bits per heavy atom. The Hall–Kier alpha value is -1.08. The lowest BCUT2D eigenvalue weighted by molar-refractivity contribution is -0.155. The predicted octanol–water partition coefficient (Wildman–Crippen LogP) is 5.50. The summed E-state index contributed by atoms with van der Waals surface area (Å²) in [7, 11) is 0. The molecule has 3 N–H and O–H groups in total.